The summed E-state index contributed by atoms with van der Waals surface area (Å²) in [4.78, 5) is 0.392. The summed E-state index contributed by atoms with van der Waals surface area (Å²) < 4.78 is 32.8. The fourth-order valence-corrected chi connectivity index (χ4v) is 4.94. The molecule has 1 aromatic rings. The highest BCUT2D eigenvalue weighted by atomic mass is 32.2. The summed E-state index contributed by atoms with van der Waals surface area (Å²) in [6.45, 7) is 4.97. The van der Waals surface area contributed by atoms with Crippen LogP contribution in [0.15, 0.2) is 17.0 Å². The maximum absolute atomic E-state index is 12.9. The first-order chi connectivity index (χ1) is 9.91. The standard InChI is InChI=1S/C15H24N2O3S/c1-11-9-15(12(2)8-14(11)20-4)21(18,19)17-7-5-6-13(17)10-16-3/h8-9,13,16H,5-7,10H2,1-4H3. The second-order valence-electron chi connectivity index (χ2n) is 5.56. The number of methoxy groups -OCH3 is 1. The van der Waals surface area contributed by atoms with Gasteiger partial charge in [0.15, 0.2) is 0 Å². The van der Waals surface area contributed by atoms with E-state index in [1.807, 2.05) is 20.9 Å². The van der Waals surface area contributed by atoms with Gasteiger partial charge in [0.1, 0.15) is 5.75 Å². The Hall–Kier alpha value is -1.11. The van der Waals surface area contributed by atoms with Crippen molar-refractivity contribution in [1.82, 2.24) is 9.62 Å². The average molecular weight is 312 g/mol. The minimum absolute atomic E-state index is 0.0433. The van der Waals surface area contributed by atoms with Crippen LogP contribution in [-0.4, -0.2) is 46.0 Å². The van der Waals surface area contributed by atoms with Gasteiger partial charge in [0, 0.05) is 19.1 Å². The van der Waals surface area contributed by atoms with Crippen LogP contribution in [-0.2, 0) is 10.0 Å². The van der Waals surface area contributed by atoms with E-state index in [0.717, 1.165) is 29.7 Å². The van der Waals surface area contributed by atoms with Crippen LogP contribution in [0, 0.1) is 13.8 Å². The summed E-state index contributed by atoms with van der Waals surface area (Å²) in [6.07, 6.45) is 1.83. The third-order valence-electron chi connectivity index (χ3n) is 4.04. The Balaban J connectivity index is 2.42. The SMILES string of the molecule is CNCC1CCCN1S(=O)(=O)c1cc(C)c(OC)cc1C. The minimum atomic E-state index is -3.45. The smallest absolute Gasteiger partial charge is 0.243 e. The molecule has 1 N–H and O–H groups in total. The molecular formula is C15H24N2O3S. The second-order valence-corrected chi connectivity index (χ2v) is 7.42. The molecule has 1 fully saturated rings. The van der Waals surface area contributed by atoms with E-state index in [1.165, 1.54) is 0 Å². The topological polar surface area (TPSA) is 58.6 Å². The zero-order valence-electron chi connectivity index (χ0n) is 13.1. The number of rotatable bonds is 5. The van der Waals surface area contributed by atoms with Gasteiger partial charge in [-0.3, -0.25) is 0 Å². The highest BCUT2D eigenvalue weighted by molar-refractivity contribution is 7.89. The molecule has 1 unspecified atom stereocenters. The summed E-state index contributed by atoms with van der Waals surface area (Å²) in [5.74, 6) is 0.722. The van der Waals surface area contributed by atoms with Crippen molar-refractivity contribution in [2.45, 2.75) is 37.6 Å². The molecular weight excluding hydrogens is 288 g/mol. The van der Waals surface area contributed by atoms with Crippen LogP contribution in [0.4, 0.5) is 0 Å². The molecule has 0 aromatic heterocycles. The molecule has 1 aliphatic rings. The number of aryl methyl sites for hydroxylation is 2. The lowest BCUT2D eigenvalue weighted by Crippen LogP contribution is -2.41. The number of sulfonamides is 1. The predicted octanol–water partition coefficient (Wildman–Crippen LogP) is 1.68. The number of likely N-dealkylation sites (N-methyl/N-ethyl adjacent to an activating group) is 1. The van der Waals surface area contributed by atoms with E-state index < -0.39 is 10.0 Å². The average Bonchev–Trinajstić information content (AvgIpc) is 2.90. The Bertz CT molecular complexity index is 614. The fraction of sp³-hybridized carbons (Fsp3) is 0.600. The molecule has 5 nitrogen and oxygen atoms in total. The van der Waals surface area contributed by atoms with Crippen molar-refractivity contribution in [2.24, 2.45) is 0 Å². The number of hydrogen-bond donors (Lipinski definition) is 1. The highest BCUT2D eigenvalue weighted by Crippen LogP contribution is 2.31. The van der Waals surface area contributed by atoms with Gasteiger partial charge in [0.05, 0.1) is 12.0 Å². The molecule has 0 radical (unpaired) electrons. The first-order valence-corrected chi connectivity index (χ1v) is 8.67. The van der Waals surface area contributed by atoms with Crippen LogP contribution in [0.25, 0.3) is 0 Å². The molecule has 0 bridgehead atoms. The number of hydrogen-bond acceptors (Lipinski definition) is 4. The van der Waals surface area contributed by atoms with Gasteiger partial charge in [-0.05, 0) is 57.0 Å². The summed E-state index contributed by atoms with van der Waals surface area (Å²) in [6, 6.07) is 3.56. The van der Waals surface area contributed by atoms with E-state index in [1.54, 1.807) is 23.5 Å². The fourth-order valence-electron chi connectivity index (χ4n) is 2.95. The predicted molar refractivity (Wildman–Crippen MR) is 83.3 cm³/mol. The molecule has 118 valence electrons. The van der Waals surface area contributed by atoms with Gasteiger partial charge < -0.3 is 10.1 Å². The van der Waals surface area contributed by atoms with E-state index in [2.05, 4.69) is 5.32 Å². The van der Waals surface area contributed by atoms with Crippen LogP contribution in [0.2, 0.25) is 0 Å². The van der Waals surface area contributed by atoms with Gasteiger partial charge in [-0.2, -0.15) is 4.31 Å². The van der Waals surface area contributed by atoms with Crippen LogP contribution < -0.4 is 10.1 Å². The molecule has 1 heterocycles. The lowest BCUT2D eigenvalue weighted by atomic mass is 10.1. The third kappa shape index (κ3) is 3.07. The minimum Gasteiger partial charge on any atom is -0.496 e. The number of nitrogens with zero attached hydrogens (tertiary/aromatic N) is 1. The molecule has 0 aliphatic carbocycles. The van der Waals surface area contributed by atoms with E-state index >= 15 is 0 Å². The summed E-state index contributed by atoms with van der Waals surface area (Å²) >= 11 is 0. The van der Waals surface area contributed by atoms with E-state index in [4.69, 9.17) is 4.74 Å². The second kappa shape index (κ2) is 6.34. The van der Waals surface area contributed by atoms with Crippen LogP contribution in [0.1, 0.15) is 24.0 Å². The van der Waals surface area contributed by atoms with Crippen LogP contribution in [0.5, 0.6) is 5.75 Å². The molecule has 1 atom stereocenters. The maximum atomic E-state index is 12.9. The van der Waals surface area contributed by atoms with E-state index in [0.29, 0.717) is 18.0 Å². The molecule has 21 heavy (non-hydrogen) atoms. The van der Waals surface area contributed by atoms with E-state index in [9.17, 15) is 8.42 Å². The summed E-state index contributed by atoms with van der Waals surface area (Å²) in [7, 11) is -0.000775. The van der Waals surface area contributed by atoms with Crippen LogP contribution in [0.3, 0.4) is 0 Å². The largest absolute Gasteiger partial charge is 0.496 e. The summed E-state index contributed by atoms with van der Waals surface area (Å²) in [5, 5.41) is 3.08. The molecule has 0 spiro atoms. The Morgan fingerprint density at radius 1 is 1.33 bits per heavy atom. The number of nitrogens with one attached hydrogen (secondary N) is 1. The van der Waals surface area contributed by atoms with Crippen LogP contribution >= 0.6 is 0 Å². The van der Waals surface area contributed by atoms with Crippen molar-refractivity contribution >= 4 is 10.0 Å². The molecule has 1 aliphatic heterocycles. The van der Waals surface area contributed by atoms with Crippen molar-refractivity contribution in [3.63, 3.8) is 0 Å². The van der Waals surface area contributed by atoms with Crippen molar-refractivity contribution in [3.8, 4) is 5.75 Å². The molecule has 6 heteroatoms. The first-order valence-electron chi connectivity index (χ1n) is 7.23. The monoisotopic (exact) mass is 312 g/mol. The maximum Gasteiger partial charge on any atom is 0.243 e. The van der Waals surface area contributed by atoms with Gasteiger partial charge in [-0.15, -0.1) is 0 Å². The Morgan fingerprint density at radius 2 is 2.05 bits per heavy atom. The van der Waals surface area contributed by atoms with Gasteiger partial charge in [-0.1, -0.05) is 0 Å². The zero-order chi connectivity index (χ0) is 15.6. The molecule has 1 aromatic carbocycles. The van der Waals surface area contributed by atoms with Crippen molar-refractivity contribution in [2.75, 3.05) is 27.2 Å². The third-order valence-corrected chi connectivity index (χ3v) is 6.14. The van der Waals surface area contributed by atoms with E-state index in [-0.39, 0.29) is 6.04 Å². The Labute approximate surface area is 127 Å². The summed E-state index contributed by atoms with van der Waals surface area (Å²) in [5.41, 5.74) is 1.57. The molecule has 1 saturated heterocycles. The van der Waals surface area contributed by atoms with Crippen molar-refractivity contribution in [3.05, 3.63) is 23.3 Å². The highest BCUT2D eigenvalue weighted by Gasteiger charge is 2.35. The molecule has 2 rings (SSSR count). The lowest BCUT2D eigenvalue weighted by Gasteiger charge is -2.25. The normalized spacial score (nSPS) is 19.9. The van der Waals surface area contributed by atoms with Gasteiger partial charge in [0.2, 0.25) is 10.0 Å². The Morgan fingerprint density at radius 3 is 2.67 bits per heavy atom. The molecule has 0 amide bonds. The lowest BCUT2D eigenvalue weighted by molar-refractivity contribution is 0.378. The molecule has 0 saturated carbocycles. The van der Waals surface area contributed by atoms with Crippen molar-refractivity contribution in [1.29, 1.82) is 0 Å². The van der Waals surface area contributed by atoms with Crippen molar-refractivity contribution < 1.29 is 13.2 Å². The Kier molecular flexibility index (Phi) is 4.91. The quantitative estimate of drug-likeness (QED) is 0.899. The number of ether oxygens (including phenoxy) is 1. The van der Waals surface area contributed by atoms with Gasteiger partial charge >= 0.3 is 0 Å². The number of benzene rings is 1. The zero-order valence-corrected chi connectivity index (χ0v) is 14.0. The van der Waals surface area contributed by atoms with Gasteiger partial charge in [0.25, 0.3) is 0 Å². The first kappa shape index (κ1) is 16.3. The van der Waals surface area contributed by atoms with Gasteiger partial charge in [-0.25, -0.2) is 8.42 Å².